The van der Waals surface area contributed by atoms with Gasteiger partial charge in [0.05, 0.1) is 22.8 Å². The topological polar surface area (TPSA) is 84.3 Å². The summed E-state index contributed by atoms with van der Waals surface area (Å²) in [5.74, 6) is -0.272. The van der Waals surface area contributed by atoms with Gasteiger partial charge in [0.2, 0.25) is 11.8 Å². The molecule has 2 rings (SSSR count). The van der Waals surface area contributed by atoms with Crippen LogP contribution in [0.15, 0.2) is 24.3 Å². The third kappa shape index (κ3) is 7.60. The van der Waals surface area contributed by atoms with E-state index in [1.54, 1.807) is 46.0 Å². The lowest BCUT2D eigenvalue weighted by atomic mass is 10.2. The van der Waals surface area contributed by atoms with Gasteiger partial charge in [0.25, 0.3) is 0 Å². The largest absolute Gasteiger partial charge is 0.395 e. The Balaban J connectivity index is 1.90. The smallest absolute Gasteiger partial charge is 0.246 e. The number of aliphatic hydroxyl groups is 2. The Morgan fingerprint density at radius 2 is 2.03 bits per heavy atom. The fourth-order valence-electron chi connectivity index (χ4n) is 3.10. The Morgan fingerprint density at radius 3 is 2.72 bits per heavy atom. The molecule has 0 aliphatic carbocycles. The van der Waals surface area contributed by atoms with Crippen LogP contribution >= 0.6 is 23.2 Å². The molecule has 1 aromatic rings. The number of β-amino-alcohol motifs (C(OH)–C–C–N with tert-alkyl or cyclic N) is 1. The van der Waals surface area contributed by atoms with E-state index in [0.717, 1.165) is 5.56 Å². The first kappa shape index (κ1) is 23.6. The van der Waals surface area contributed by atoms with Crippen LogP contribution in [0.4, 0.5) is 0 Å². The molecule has 9 heteroatoms. The Kier molecular flexibility index (Phi) is 9.39. The lowest BCUT2D eigenvalue weighted by Gasteiger charge is -2.26. The van der Waals surface area contributed by atoms with Gasteiger partial charge in [0, 0.05) is 51.8 Å². The van der Waals surface area contributed by atoms with Gasteiger partial charge in [-0.2, -0.15) is 0 Å². The minimum absolute atomic E-state index is 0.0126. The number of benzene rings is 1. The minimum atomic E-state index is -0.715. The maximum absolute atomic E-state index is 12.5. The number of nitrogens with zero attached hydrogens (tertiary/aromatic N) is 3. The molecule has 0 spiro atoms. The Labute approximate surface area is 181 Å². The lowest BCUT2D eigenvalue weighted by Crippen LogP contribution is -2.43. The van der Waals surface area contributed by atoms with Crippen molar-refractivity contribution in [3.05, 3.63) is 39.9 Å². The molecule has 7 nitrogen and oxygen atoms in total. The van der Waals surface area contributed by atoms with Gasteiger partial charge >= 0.3 is 0 Å². The maximum Gasteiger partial charge on any atom is 0.246 e. The zero-order valence-corrected chi connectivity index (χ0v) is 17.9. The SMILES string of the molecule is CN(CCO)CC(O)CN1CCN(C(=O)C=Cc2ccc(Cl)c(Cl)c2)CCC1=O. The normalized spacial score (nSPS) is 16.6. The fraction of sp³-hybridized carbons (Fsp3) is 0.500. The number of hydrogen-bond donors (Lipinski definition) is 2. The molecule has 0 saturated carbocycles. The number of hydrogen-bond acceptors (Lipinski definition) is 5. The van der Waals surface area contributed by atoms with Crippen LogP contribution in [0.25, 0.3) is 6.08 Å². The molecule has 1 fully saturated rings. The standard InChI is InChI=1S/C20H27Cl2N3O4/c1-23(10-11-26)13-16(27)14-25-9-8-24(7-6-20(25)29)19(28)5-3-15-2-4-17(21)18(22)12-15/h2-5,12,16,26-27H,6-11,13-14H2,1H3. The van der Waals surface area contributed by atoms with Crippen LogP contribution < -0.4 is 0 Å². The zero-order chi connectivity index (χ0) is 21.4. The number of halogens is 2. The van der Waals surface area contributed by atoms with Gasteiger partial charge in [0.1, 0.15) is 0 Å². The molecule has 2 amide bonds. The summed E-state index contributed by atoms with van der Waals surface area (Å²) in [6.07, 6.45) is 2.62. The van der Waals surface area contributed by atoms with Crippen molar-refractivity contribution in [3.8, 4) is 0 Å². The van der Waals surface area contributed by atoms with E-state index in [1.807, 2.05) is 0 Å². The number of carbonyl (C=O) groups is 2. The van der Waals surface area contributed by atoms with Crippen molar-refractivity contribution < 1.29 is 19.8 Å². The number of likely N-dealkylation sites (N-methyl/N-ethyl adjacent to an activating group) is 1. The van der Waals surface area contributed by atoms with Gasteiger partial charge in [-0.25, -0.2) is 0 Å². The van der Waals surface area contributed by atoms with E-state index >= 15 is 0 Å². The quantitative estimate of drug-likeness (QED) is 0.592. The van der Waals surface area contributed by atoms with Crippen LogP contribution in [0.3, 0.4) is 0 Å². The monoisotopic (exact) mass is 443 g/mol. The first-order chi connectivity index (χ1) is 13.8. The lowest BCUT2D eigenvalue weighted by molar-refractivity contribution is -0.131. The molecule has 1 aliphatic rings. The van der Waals surface area contributed by atoms with Crippen LogP contribution in [0.2, 0.25) is 10.0 Å². The number of carbonyl (C=O) groups excluding carboxylic acids is 2. The second kappa shape index (κ2) is 11.5. The minimum Gasteiger partial charge on any atom is -0.395 e. The molecule has 1 unspecified atom stereocenters. The van der Waals surface area contributed by atoms with Crippen molar-refractivity contribution in [2.45, 2.75) is 12.5 Å². The second-order valence-electron chi connectivity index (χ2n) is 7.06. The molecular formula is C20H27Cl2N3O4. The molecule has 29 heavy (non-hydrogen) atoms. The summed E-state index contributed by atoms with van der Waals surface area (Å²) < 4.78 is 0. The predicted octanol–water partition coefficient (Wildman–Crippen LogP) is 1.35. The van der Waals surface area contributed by atoms with E-state index in [0.29, 0.717) is 42.8 Å². The second-order valence-corrected chi connectivity index (χ2v) is 7.88. The molecule has 1 atom stereocenters. The molecular weight excluding hydrogens is 417 g/mol. The van der Waals surface area contributed by atoms with Crippen molar-refractivity contribution >= 4 is 41.1 Å². The van der Waals surface area contributed by atoms with E-state index in [4.69, 9.17) is 28.3 Å². The highest BCUT2D eigenvalue weighted by atomic mass is 35.5. The van der Waals surface area contributed by atoms with Gasteiger partial charge in [-0.05, 0) is 30.8 Å². The summed E-state index contributed by atoms with van der Waals surface area (Å²) in [6.45, 7) is 2.13. The first-order valence-corrected chi connectivity index (χ1v) is 10.2. The summed E-state index contributed by atoms with van der Waals surface area (Å²) in [6, 6.07) is 5.11. The third-order valence-corrected chi connectivity index (χ3v) is 5.44. The summed E-state index contributed by atoms with van der Waals surface area (Å²) in [5, 5.41) is 20.0. The number of rotatable bonds is 8. The van der Waals surface area contributed by atoms with Crippen LogP contribution in [-0.2, 0) is 9.59 Å². The number of amides is 2. The third-order valence-electron chi connectivity index (χ3n) is 4.70. The molecule has 0 radical (unpaired) electrons. The summed E-state index contributed by atoms with van der Waals surface area (Å²) in [4.78, 5) is 29.9. The molecule has 2 N–H and O–H groups in total. The molecule has 0 bridgehead atoms. The first-order valence-electron chi connectivity index (χ1n) is 9.47. The van der Waals surface area contributed by atoms with E-state index in [2.05, 4.69) is 0 Å². The van der Waals surface area contributed by atoms with Gasteiger partial charge in [0.15, 0.2) is 0 Å². The summed E-state index contributed by atoms with van der Waals surface area (Å²) >= 11 is 11.9. The highest BCUT2D eigenvalue weighted by molar-refractivity contribution is 6.42. The summed E-state index contributed by atoms with van der Waals surface area (Å²) in [7, 11) is 1.80. The van der Waals surface area contributed by atoms with Crippen LogP contribution in [-0.4, -0.2) is 95.8 Å². The molecule has 1 aromatic carbocycles. The van der Waals surface area contributed by atoms with Crippen molar-refractivity contribution in [2.75, 3.05) is 52.9 Å². The van der Waals surface area contributed by atoms with E-state index in [9.17, 15) is 14.7 Å². The van der Waals surface area contributed by atoms with Gasteiger partial charge in [-0.15, -0.1) is 0 Å². The van der Waals surface area contributed by atoms with Crippen LogP contribution in [0.1, 0.15) is 12.0 Å². The predicted molar refractivity (Wildman–Crippen MR) is 114 cm³/mol. The fourth-order valence-corrected chi connectivity index (χ4v) is 3.41. The van der Waals surface area contributed by atoms with E-state index in [1.165, 1.54) is 6.08 Å². The Bertz CT molecular complexity index is 744. The highest BCUT2D eigenvalue weighted by Crippen LogP contribution is 2.23. The van der Waals surface area contributed by atoms with Crippen molar-refractivity contribution in [2.24, 2.45) is 0 Å². The van der Waals surface area contributed by atoms with Crippen LogP contribution in [0.5, 0.6) is 0 Å². The van der Waals surface area contributed by atoms with Gasteiger partial charge in [-0.3, -0.25) is 9.59 Å². The van der Waals surface area contributed by atoms with Crippen LogP contribution in [0, 0.1) is 0 Å². The van der Waals surface area contributed by atoms with E-state index < -0.39 is 6.10 Å². The van der Waals surface area contributed by atoms with Gasteiger partial charge in [-0.1, -0.05) is 29.3 Å². The Morgan fingerprint density at radius 1 is 1.28 bits per heavy atom. The molecule has 1 aliphatic heterocycles. The maximum atomic E-state index is 12.5. The molecule has 0 aromatic heterocycles. The number of aliphatic hydroxyl groups excluding tert-OH is 2. The molecule has 1 saturated heterocycles. The molecule has 1 heterocycles. The van der Waals surface area contributed by atoms with Crippen molar-refractivity contribution in [1.29, 1.82) is 0 Å². The zero-order valence-electron chi connectivity index (χ0n) is 16.4. The van der Waals surface area contributed by atoms with Gasteiger partial charge < -0.3 is 24.9 Å². The molecule has 160 valence electrons. The van der Waals surface area contributed by atoms with Crippen molar-refractivity contribution in [1.82, 2.24) is 14.7 Å². The highest BCUT2D eigenvalue weighted by Gasteiger charge is 2.24. The van der Waals surface area contributed by atoms with Crippen molar-refractivity contribution in [3.63, 3.8) is 0 Å². The average molecular weight is 444 g/mol. The Hall–Kier alpha value is -1.64. The summed E-state index contributed by atoms with van der Waals surface area (Å²) in [5.41, 5.74) is 0.760. The van der Waals surface area contributed by atoms with E-state index in [-0.39, 0.29) is 31.4 Å². The average Bonchev–Trinajstić information content (AvgIpc) is 2.84.